The zero-order chi connectivity index (χ0) is 15.2. The van der Waals surface area contributed by atoms with Gasteiger partial charge in [0, 0.05) is 18.7 Å². The smallest absolute Gasteiger partial charge is 0.332 e. The number of imidazole rings is 1. The molecule has 0 fully saturated rings. The van der Waals surface area contributed by atoms with Crippen molar-refractivity contribution in [3.8, 4) is 5.69 Å². The number of aromatic nitrogens is 2. The third-order valence-electron chi connectivity index (χ3n) is 2.89. The molecule has 1 unspecified atom stereocenters. The minimum atomic E-state index is -1.48. The van der Waals surface area contributed by atoms with Gasteiger partial charge < -0.3 is 15.5 Å². The predicted octanol–water partition coefficient (Wildman–Crippen LogP) is 0.438. The molecule has 0 spiro atoms. The molecule has 0 radical (unpaired) electrons. The number of hydrogen-bond acceptors (Lipinski definition) is 4. The Morgan fingerprint density at radius 3 is 2.67 bits per heavy atom. The van der Waals surface area contributed by atoms with Crippen LogP contribution in [0, 0.1) is 0 Å². The van der Waals surface area contributed by atoms with Crippen molar-refractivity contribution in [3.05, 3.63) is 48.5 Å². The zero-order valence-electron chi connectivity index (χ0n) is 11.1. The molecule has 2 aromatic rings. The lowest BCUT2D eigenvalue weighted by atomic mass is 10.2. The number of nitrogens with one attached hydrogen (secondary N) is 1. The maximum atomic E-state index is 12.1. The van der Waals surface area contributed by atoms with Crippen LogP contribution in [0.1, 0.15) is 16.9 Å². The van der Waals surface area contributed by atoms with Crippen molar-refractivity contribution >= 4 is 11.9 Å². The van der Waals surface area contributed by atoms with Gasteiger partial charge in [-0.25, -0.2) is 9.78 Å². The fraction of sp³-hybridized carbons (Fsp3) is 0.214. The van der Waals surface area contributed by atoms with Crippen LogP contribution in [0.2, 0.25) is 0 Å². The molecule has 1 heterocycles. The van der Waals surface area contributed by atoms with E-state index in [0.29, 0.717) is 5.69 Å². The summed E-state index contributed by atoms with van der Waals surface area (Å²) in [5, 5.41) is 20.2. The van der Waals surface area contributed by atoms with Crippen molar-refractivity contribution in [1.82, 2.24) is 14.9 Å². The fourth-order valence-electron chi connectivity index (χ4n) is 1.79. The average molecular weight is 289 g/mol. The van der Waals surface area contributed by atoms with Gasteiger partial charge in [-0.1, -0.05) is 18.2 Å². The number of hydrogen-bond donors (Lipinski definition) is 3. The summed E-state index contributed by atoms with van der Waals surface area (Å²) < 4.78 is 1.63. The molecule has 0 saturated heterocycles. The fourth-order valence-corrected chi connectivity index (χ4v) is 1.79. The SMILES string of the molecule is O=C(NCCC(O)C(=O)O)c1cncn1-c1ccccc1. The highest BCUT2D eigenvalue weighted by molar-refractivity contribution is 5.93. The molecule has 2 rings (SSSR count). The van der Waals surface area contributed by atoms with Crippen LogP contribution in [0.4, 0.5) is 0 Å². The monoisotopic (exact) mass is 289 g/mol. The lowest BCUT2D eigenvalue weighted by Gasteiger charge is -2.09. The largest absolute Gasteiger partial charge is 0.479 e. The number of amides is 1. The van der Waals surface area contributed by atoms with Gasteiger partial charge in [0.15, 0.2) is 6.10 Å². The van der Waals surface area contributed by atoms with Gasteiger partial charge in [0.25, 0.3) is 5.91 Å². The second-order valence-corrected chi connectivity index (χ2v) is 4.38. The van der Waals surface area contributed by atoms with E-state index < -0.39 is 12.1 Å². The molecule has 0 aliphatic carbocycles. The van der Waals surface area contributed by atoms with Crippen molar-refractivity contribution < 1.29 is 19.8 Å². The van der Waals surface area contributed by atoms with Crippen LogP contribution in [0.15, 0.2) is 42.9 Å². The van der Waals surface area contributed by atoms with Crippen LogP contribution in [0.25, 0.3) is 5.69 Å². The van der Waals surface area contributed by atoms with Gasteiger partial charge in [-0.2, -0.15) is 0 Å². The van der Waals surface area contributed by atoms with E-state index in [9.17, 15) is 9.59 Å². The summed E-state index contributed by atoms with van der Waals surface area (Å²) in [7, 11) is 0. The molecule has 1 atom stereocenters. The van der Waals surface area contributed by atoms with Crippen LogP contribution in [0.3, 0.4) is 0 Å². The molecule has 0 aliphatic heterocycles. The van der Waals surface area contributed by atoms with Gasteiger partial charge in [0.2, 0.25) is 0 Å². The molecule has 1 aromatic heterocycles. The number of carboxylic acid groups (broad SMARTS) is 1. The van der Waals surface area contributed by atoms with E-state index in [-0.39, 0.29) is 18.9 Å². The summed E-state index contributed by atoms with van der Waals surface area (Å²) in [6.07, 6.45) is 1.41. The van der Waals surface area contributed by atoms with Crippen molar-refractivity contribution in [1.29, 1.82) is 0 Å². The Hall–Kier alpha value is -2.67. The molecule has 0 aliphatic rings. The molecule has 0 bridgehead atoms. The number of carbonyl (C=O) groups is 2. The molecule has 0 saturated carbocycles. The molecule has 110 valence electrons. The Kier molecular flexibility index (Phi) is 4.68. The first-order valence-electron chi connectivity index (χ1n) is 6.36. The number of benzene rings is 1. The van der Waals surface area contributed by atoms with Gasteiger partial charge in [-0.3, -0.25) is 9.36 Å². The normalized spacial score (nSPS) is 11.9. The second kappa shape index (κ2) is 6.67. The van der Waals surface area contributed by atoms with Crippen molar-refractivity contribution in [3.63, 3.8) is 0 Å². The molecular formula is C14H15N3O4. The Morgan fingerprint density at radius 2 is 2.00 bits per heavy atom. The third-order valence-corrected chi connectivity index (χ3v) is 2.89. The number of para-hydroxylation sites is 1. The van der Waals surface area contributed by atoms with E-state index in [4.69, 9.17) is 10.2 Å². The van der Waals surface area contributed by atoms with E-state index >= 15 is 0 Å². The highest BCUT2D eigenvalue weighted by atomic mass is 16.4. The van der Waals surface area contributed by atoms with Crippen LogP contribution < -0.4 is 5.32 Å². The lowest BCUT2D eigenvalue weighted by molar-refractivity contribution is -0.146. The molecule has 21 heavy (non-hydrogen) atoms. The Bertz CT molecular complexity index is 624. The van der Waals surface area contributed by atoms with Gasteiger partial charge >= 0.3 is 5.97 Å². The first-order valence-corrected chi connectivity index (χ1v) is 6.36. The Morgan fingerprint density at radius 1 is 1.29 bits per heavy atom. The first kappa shape index (κ1) is 14.7. The minimum absolute atomic E-state index is 0.0550. The van der Waals surface area contributed by atoms with Crippen LogP contribution in [0.5, 0.6) is 0 Å². The summed E-state index contributed by atoms with van der Waals surface area (Å²) in [5.41, 5.74) is 1.14. The number of aliphatic hydroxyl groups is 1. The van der Waals surface area contributed by atoms with Gasteiger partial charge in [0.05, 0.1) is 12.5 Å². The Labute approximate surface area is 120 Å². The number of carbonyl (C=O) groups excluding carboxylic acids is 1. The minimum Gasteiger partial charge on any atom is -0.479 e. The lowest BCUT2D eigenvalue weighted by Crippen LogP contribution is -2.31. The molecule has 1 aromatic carbocycles. The van der Waals surface area contributed by atoms with Gasteiger partial charge in [-0.15, -0.1) is 0 Å². The number of aliphatic hydroxyl groups excluding tert-OH is 1. The van der Waals surface area contributed by atoms with E-state index in [1.165, 1.54) is 12.5 Å². The summed E-state index contributed by atoms with van der Waals surface area (Å²) in [6.45, 7) is 0.0618. The van der Waals surface area contributed by atoms with Crippen molar-refractivity contribution in [2.45, 2.75) is 12.5 Å². The van der Waals surface area contributed by atoms with Crippen LogP contribution in [-0.4, -0.2) is 44.3 Å². The van der Waals surface area contributed by atoms with Gasteiger partial charge in [0.1, 0.15) is 5.69 Å². The summed E-state index contributed by atoms with van der Waals surface area (Å²) >= 11 is 0. The molecule has 7 heteroatoms. The topological polar surface area (TPSA) is 104 Å². The average Bonchev–Trinajstić information content (AvgIpc) is 2.97. The zero-order valence-corrected chi connectivity index (χ0v) is 11.1. The quantitative estimate of drug-likeness (QED) is 0.715. The number of rotatable bonds is 6. The highest BCUT2D eigenvalue weighted by Gasteiger charge is 2.15. The predicted molar refractivity (Wildman–Crippen MR) is 74.2 cm³/mol. The molecule has 7 nitrogen and oxygen atoms in total. The number of aliphatic carboxylic acids is 1. The van der Waals surface area contributed by atoms with E-state index in [0.717, 1.165) is 5.69 Å². The number of nitrogens with zero attached hydrogens (tertiary/aromatic N) is 2. The van der Waals surface area contributed by atoms with E-state index in [2.05, 4.69) is 10.3 Å². The van der Waals surface area contributed by atoms with Crippen molar-refractivity contribution in [2.75, 3.05) is 6.54 Å². The first-order chi connectivity index (χ1) is 10.1. The molecular weight excluding hydrogens is 274 g/mol. The van der Waals surface area contributed by atoms with Gasteiger partial charge in [-0.05, 0) is 12.1 Å². The summed E-state index contributed by atoms with van der Waals surface area (Å²) in [5.74, 6) is -1.69. The number of carboxylic acids is 1. The van der Waals surface area contributed by atoms with Crippen LogP contribution in [-0.2, 0) is 4.79 Å². The van der Waals surface area contributed by atoms with E-state index in [1.54, 1.807) is 4.57 Å². The maximum Gasteiger partial charge on any atom is 0.332 e. The molecule has 1 amide bonds. The van der Waals surface area contributed by atoms with Crippen LogP contribution >= 0.6 is 0 Å². The summed E-state index contributed by atoms with van der Waals surface area (Å²) in [4.78, 5) is 26.5. The Balaban J connectivity index is 2.01. The standard InChI is InChI=1S/C14H15N3O4/c18-12(14(20)21)6-7-16-13(19)11-8-15-9-17(11)10-4-2-1-3-5-10/h1-5,8-9,12,18H,6-7H2,(H,16,19)(H,20,21). The second-order valence-electron chi connectivity index (χ2n) is 4.38. The highest BCUT2D eigenvalue weighted by Crippen LogP contribution is 2.10. The molecule has 3 N–H and O–H groups in total. The third kappa shape index (κ3) is 3.67. The summed E-state index contributed by atoms with van der Waals surface area (Å²) in [6, 6.07) is 9.24. The maximum absolute atomic E-state index is 12.1. The van der Waals surface area contributed by atoms with Crippen molar-refractivity contribution in [2.24, 2.45) is 0 Å². The van der Waals surface area contributed by atoms with E-state index in [1.807, 2.05) is 30.3 Å².